The number of hydrogen-bond acceptors (Lipinski definition) is 3. The predicted molar refractivity (Wildman–Crippen MR) is 96.7 cm³/mol. The van der Waals surface area contributed by atoms with E-state index in [4.69, 9.17) is 0 Å². The number of aryl methyl sites for hydroxylation is 1. The lowest BCUT2D eigenvalue weighted by atomic mass is 10.1. The number of rotatable bonds is 5. The number of nitrogens with zero attached hydrogens (tertiary/aromatic N) is 1. The SMILES string of the molecule is Cc1ccc([C@H](C)NC(=O)c2ccc(N(C)S(C)(=O)=O)cc2)cc1. The molecule has 2 aromatic carbocycles. The van der Waals surface area contributed by atoms with Crippen LogP contribution in [0.5, 0.6) is 0 Å². The molecule has 0 aliphatic rings. The normalized spacial score (nSPS) is 12.5. The van der Waals surface area contributed by atoms with E-state index in [1.807, 2.05) is 38.1 Å². The third kappa shape index (κ3) is 4.35. The Hall–Kier alpha value is -2.34. The van der Waals surface area contributed by atoms with Crippen molar-refractivity contribution in [3.05, 3.63) is 65.2 Å². The van der Waals surface area contributed by atoms with Crippen LogP contribution < -0.4 is 9.62 Å². The first-order valence-corrected chi connectivity index (χ1v) is 9.44. The number of anilines is 1. The number of hydrogen-bond donors (Lipinski definition) is 1. The number of amides is 1. The van der Waals surface area contributed by atoms with Gasteiger partial charge in [0, 0.05) is 12.6 Å². The van der Waals surface area contributed by atoms with E-state index in [0.29, 0.717) is 11.3 Å². The summed E-state index contributed by atoms with van der Waals surface area (Å²) in [6.07, 6.45) is 1.14. The Kier molecular flexibility index (Phi) is 5.29. The largest absolute Gasteiger partial charge is 0.346 e. The van der Waals surface area contributed by atoms with Gasteiger partial charge in [-0.05, 0) is 43.7 Å². The van der Waals surface area contributed by atoms with Gasteiger partial charge in [-0.2, -0.15) is 0 Å². The van der Waals surface area contributed by atoms with E-state index in [0.717, 1.165) is 11.8 Å². The Bertz CT molecular complexity index is 812. The van der Waals surface area contributed by atoms with Crippen molar-refractivity contribution in [3.63, 3.8) is 0 Å². The van der Waals surface area contributed by atoms with Crippen LogP contribution in [0, 0.1) is 6.92 Å². The quantitative estimate of drug-likeness (QED) is 0.905. The minimum absolute atomic E-state index is 0.114. The molecule has 0 aliphatic carbocycles. The lowest BCUT2D eigenvalue weighted by Gasteiger charge is -2.17. The average molecular weight is 346 g/mol. The molecule has 2 aromatic rings. The van der Waals surface area contributed by atoms with Crippen molar-refractivity contribution < 1.29 is 13.2 Å². The molecule has 2 rings (SSSR count). The Balaban J connectivity index is 2.09. The van der Waals surface area contributed by atoms with Crippen molar-refractivity contribution in [1.82, 2.24) is 5.32 Å². The second kappa shape index (κ2) is 7.05. The maximum atomic E-state index is 12.3. The molecular formula is C18H22N2O3S. The van der Waals surface area contributed by atoms with Gasteiger partial charge in [0.1, 0.15) is 0 Å². The summed E-state index contributed by atoms with van der Waals surface area (Å²) in [7, 11) is -1.84. The molecule has 0 saturated carbocycles. The van der Waals surface area contributed by atoms with E-state index in [-0.39, 0.29) is 11.9 Å². The molecule has 0 bridgehead atoms. The summed E-state index contributed by atoms with van der Waals surface area (Å²) < 4.78 is 24.2. The first kappa shape index (κ1) is 18.0. The molecule has 0 aliphatic heterocycles. The highest BCUT2D eigenvalue weighted by Gasteiger charge is 2.14. The van der Waals surface area contributed by atoms with Gasteiger partial charge < -0.3 is 5.32 Å². The van der Waals surface area contributed by atoms with Crippen LogP contribution in [-0.2, 0) is 10.0 Å². The van der Waals surface area contributed by atoms with Gasteiger partial charge in [0.05, 0.1) is 18.0 Å². The van der Waals surface area contributed by atoms with Gasteiger partial charge in [-0.3, -0.25) is 9.10 Å². The highest BCUT2D eigenvalue weighted by molar-refractivity contribution is 7.92. The van der Waals surface area contributed by atoms with Crippen molar-refractivity contribution in [2.75, 3.05) is 17.6 Å². The topological polar surface area (TPSA) is 66.5 Å². The molecule has 0 unspecified atom stereocenters. The van der Waals surface area contributed by atoms with Gasteiger partial charge in [0.25, 0.3) is 5.91 Å². The van der Waals surface area contributed by atoms with E-state index >= 15 is 0 Å². The summed E-state index contributed by atoms with van der Waals surface area (Å²) in [5.74, 6) is -0.198. The first-order chi connectivity index (χ1) is 11.2. The summed E-state index contributed by atoms with van der Waals surface area (Å²) in [5.41, 5.74) is 3.20. The van der Waals surface area contributed by atoms with Crippen molar-refractivity contribution in [2.24, 2.45) is 0 Å². The second-order valence-electron chi connectivity index (χ2n) is 5.88. The molecule has 5 nitrogen and oxygen atoms in total. The van der Waals surface area contributed by atoms with Crippen LogP contribution in [0.15, 0.2) is 48.5 Å². The lowest BCUT2D eigenvalue weighted by Crippen LogP contribution is -2.27. The Morgan fingerprint density at radius 1 is 1.04 bits per heavy atom. The summed E-state index contributed by atoms with van der Waals surface area (Å²) in [5, 5.41) is 2.94. The fourth-order valence-corrected chi connectivity index (χ4v) is 2.74. The fraction of sp³-hybridized carbons (Fsp3) is 0.278. The third-order valence-electron chi connectivity index (χ3n) is 3.92. The standard InChI is InChI=1S/C18H22N2O3S/c1-13-5-7-15(8-6-13)14(2)19-18(21)16-9-11-17(12-10-16)20(3)24(4,22)23/h5-12,14H,1-4H3,(H,19,21)/t14-/m0/s1. The van der Waals surface area contributed by atoms with E-state index in [1.165, 1.54) is 16.9 Å². The van der Waals surface area contributed by atoms with Gasteiger partial charge in [0.2, 0.25) is 10.0 Å². The van der Waals surface area contributed by atoms with Gasteiger partial charge in [0.15, 0.2) is 0 Å². The summed E-state index contributed by atoms with van der Waals surface area (Å²) in [6.45, 7) is 3.94. The number of nitrogens with one attached hydrogen (secondary N) is 1. The zero-order valence-electron chi connectivity index (χ0n) is 14.3. The molecule has 0 fully saturated rings. The maximum absolute atomic E-state index is 12.3. The summed E-state index contributed by atoms with van der Waals surface area (Å²) in [4.78, 5) is 12.3. The molecule has 1 amide bonds. The lowest BCUT2D eigenvalue weighted by molar-refractivity contribution is 0.0940. The maximum Gasteiger partial charge on any atom is 0.251 e. The molecule has 0 radical (unpaired) electrons. The number of sulfonamides is 1. The molecule has 0 saturated heterocycles. The Morgan fingerprint density at radius 3 is 2.08 bits per heavy atom. The van der Waals surface area contributed by atoms with Crippen molar-refractivity contribution in [2.45, 2.75) is 19.9 Å². The van der Waals surface area contributed by atoms with E-state index in [9.17, 15) is 13.2 Å². The molecule has 0 heterocycles. The van der Waals surface area contributed by atoms with Crippen LogP contribution in [-0.4, -0.2) is 27.6 Å². The minimum Gasteiger partial charge on any atom is -0.346 e. The van der Waals surface area contributed by atoms with Crippen LogP contribution in [0.2, 0.25) is 0 Å². The highest BCUT2D eigenvalue weighted by Crippen LogP contribution is 2.18. The molecule has 0 spiro atoms. The molecular weight excluding hydrogens is 324 g/mol. The van der Waals surface area contributed by atoms with Crippen LogP contribution in [0.3, 0.4) is 0 Å². The smallest absolute Gasteiger partial charge is 0.251 e. The van der Waals surface area contributed by atoms with Crippen molar-refractivity contribution >= 4 is 21.6 Å². The zero-order chi connectivity index (χ0) is 17.9. The molecule has 128 valence electrons. The van der Waals surface area contributed by atoms with E-state index < -0.39 is 10.0 Å². The molecule has 6 heteroatoms. The van der Waals surface area contributed by atoms with Crippen LogP contribution in [0.25, 0.3) is 0 Å². The van der Waals surface area contributed by atoms with Crippen molar-refractivity contribution in [1.29, 1.82) is 0 Å². The van der Waals surface area contributed by atoms with E-state index in [1.54, 1.807) is 24.3 Å². The molecule has 0 aromatic heterocycles. The Morgan fingerprint density at radius 2 is 1.58 bits per heavy atom. The summed E-state index contributed by atoms with van der Waals surface area (Å²) in [6, 6.07) is 14.4. The second-order valence-corrected chi connectivity index (χ2v) is 7.90. The van der Waals surface area contributed by atoms with Gasteiger partial charge in [-0.1, -0.05) is 29.8 Å². The predicted octanol–water partition coefficient (Wildman–Crippen LogP) is 2.88. The fourth-order valence-electron chi connectivity index (χ4n) is 2.23. The molecule has 1 N–H and O–H groups in total. The highest BCUT2D eigenvalue weighted by atomic mass is 32.2. The summed E-state index contributed by atoms with van der Waals surface area (Å²) >= 11 is 0. The first-order valence-electron chi connectivity index (χ1n) is 7.60. The molecule has 1 atom stereocenters. The van der Waals surface area contributed by atoms with Crippen LogP contribution in [0.1, 0.15) is 34.5 Å². The molecule has 24 heavy (non-hydrogen) atoms. The minimum atomic E-state index is -3.31. The van der Waals surface area contributed by atoms with Crippen LogP contribution >= 0.6 is 0 Å². The number of carbonyl (C=O) groups is 1. The zero-order valence-corrected chi connectivity index (χ0v) is 15.1. The number of benzene rings is 2. The Labute approximate surface area is 143 Å². The van der Waals surface area contributed by atoms with Gasteiger partial charge in [-0.25, -0.2) is 8.42 Å². The average Bonchev–Trinajstić information content (AvgIpc) is 2.54. The third-order valence-corrected chi connectivity index (χ3v) is 5.12. The van der Waals surface area contributed by atoms with E-state index in [2.05, 4.69) is 5.32 Å². The van der Waals surface area contributed by atoms with Crippen LogP contribution in [0.4, 0.5) is 5.69 Å². The van der Waals surface area contributed by atoms with Gasteiger partial charge in [-0.15, -0.1) is 0 Å². The van der Waals surface area contributed by atoms with Gasteiger partial charge >= 0.3 is 0 Å². The number of carbonyl (C=O) groups excluding carboxylic acids is 1. The monoisotopic (exact) mass is 346 g/mol. The van der Waals surface area contributed by atoms with Crippen molar-refractivity contribution in [3.8, 4) is 0 Å².